The van der Waals surface area contributed by atoms with Crippen LogP contribution in [0, 0.1) is 17.2 Å². The molecule has 3 aliphatic rings. The highest BCUT2D eigenvalue weighted by atomic mass is 16.2. The SMILES string of the molecule is CC1CC(C#N)N(C(=O)C(N)CN2CC3CC2C(=O)N3C(C)c2cccc(C(N)=O)c2)C1C. The van der Waals surface area contributed by atoms with E-state index in [2.05, 4.69) is 6.07 Å². The summed E-state index contributed by atoms with van der Waals surface area (Å²) in [5, 5.41) is 9.46. The van der Waals surface area contributed by atoms with Crippen molar-refractivity contribution in [1.29, 1.82) is 5.26 Å². The Morgan fingerprint density at radius 3 is 2.64 bits per heavy atom. The van der Waals surface area contributed by atoms with Gasteiger partial charge in [-0.25, -0.2) is 0 Å². The van der Waals surface area contributed by atoms with Gasteiger partial charge in [0.25, 0.3) is 0 Å². The Bertz CT molecular complexity index is 1010. The molecule has 0 radical (unpaired) electrons. The number of nitriles is 1. The third-order valence-electron chi connectivity index (χ3n) is 7.73. The van der Waals surface area contributed by atoms with Crippen LogP contribution >= 0.6 is 0 Å². The van der Waals surface area contributed by atoms with E-state index in [9.17, 15) is 19.6 Å². The standard InChI is InChI=1S/C24H32N6O3/c1-13-7-18(10-25)29(14(13)2)23(32)20(26)12-28-11-19-9-21(28)24(33)30(19)15(3)16-5-4-6-17(8-16)22(27)31/h4-6,8,13-15,18-21H,7,9,11-12,26H2,1-3H3,(H2,27,31). The van der Waals surface area contributed by atoms with Gasteiger partial charge >= 0.3 is 0 Å². The maximum absolute atomic E-state index is 13.2. The molecular formula is C24H32N6O3. The van der Waals surface area contributed by atoms with Gasteiger partial charge in [-0.2, -0.15) is 5.26 Å². The number of carbonyl (C=O) groups excluding carboxylic acids is 3. The molecule has 4 rings (SSSR count). The number of piperazine rings is 1. The van der Waals surface area contributed by atoms with Crippen LogP contribution in [0.5, 0.6) is 0 Å². The molecule has 0 spiro atoms. The Balaban J connectivity index is 1.42. The smallest absolute Gasteiger partial charge is 0.248 e. The van der Waals surface area contributed by atoms with Gasteiger partial charge in [-0.15, -0.1) is 0 Å². The van der Waals surface area contributed by atoms with Crippen molar-refractivity contribution in [1.82, 2.24) is 14.7 Å². The Kier molecular flexibility index (Phi) is 6.16. The van der Waals surface area contributed by atoms with Gasteiger partial charge in [0.05, 0.1) is 24.2 Å². The number of primary amides is 1. The van der Waals surface area contributed by atoms with Gasteiger partial charge < -0.3 is 21.3 Å². The highest BCUT2D eigenvalue weighted by molar-refractivity contribution is 5.93. The molecule has 3 heterocycles. The normalized spacial score (nSPS) is 31.0. The quantitative estimate of drug-likeness (QED) is 0.649. The highest BCUT2D eigenvalue weighted by Gasteiger charge is 2.52. The molecule has 176 valence electrons. The van der Waals surface area contributed by atoms with Crippen molar-refractivity contribution in [2.24, 2.45) is 17.4 Å². The van der Waals surface area contributed by atoms with E-state index < -0.39 is 18.0 Å². The number of likely N-dealkylation sites (tertiary alicyclic amines) is 3. The molecule has 1 aromatic rings. The van der Waals surface area contributed by atoms with Crippen LogP contribution in [0.3, 0.4) is 0 Å². The van der Waals surface area contributed by atoms with Crippen LogP contribution in [-0.2, 0) is 9.59 Å². The minimum Gasteiger partial charge on any atom is -0.366 e. The number of benzene rings is 1. The summed E-state index contributed by atoms with van der Waals surface area (Å²) in [5.41, 5.74) is 13.0. The third-order valence-corrected chi connectivity index (χ3v) is 7.73. The number of amides is 3. The molecule has 4 N–H and O–H groups in total. The number of carbonyl (C=O) groups is 3. The van der Waals surface area contributed by atoms with Gasteiger partial charge in [-0.05, 0) is 50.3 Å². The summed E-state index contributed by atoms with van der Waals surface area (Å²) >= 11 is 0. The molecule has 9 heteroatoms. The van der Waals surface area contributed by atoms with E-state index in [1.165, 1.54) is 0 Å². The zero-order valence-corrected chi connectivity index (χ0v) is 19.3. The Morgan fingerprint density at radius 2 is 2.00 bits per heavy atom. The summed E-state index contributed by atoms with van der Waals surface area (Å²) in [4.78, 5) is 43.4. The molecule has 2 bridgehead atoms. The average molecular weight is 453 g/mol. The van der Waals surface area contributed by atoms with Gasteiger partial charge in [0.2, 0.25) is 17.7 Å². The van der Waals surface area contributed by atoms with E-state index in [0.29, 0.717) is 31.5 Å². The van der Waals surface area contributed by atoms with Crippen LogP contribution < -0.4 is 11.5 Å². The van der Waals surface area contributed by atoms with Gasteiger partial charge in [-0.1, -0.05) is 19.1 Å². The number of nitrogens with zero attached hydrogens (tertiary/aromatic N) is 4. The average Bonchev–Trinajstić information content (AvgIpc) is 3.43. The number of fused-ring (bicyclic) bond motifs is 2. The lowest BCUT2D eigenvalue weighted by molar-refractivity contribution is -0.141. The second-order valence-electron chi connectivity index (χ2n) is 9.72. The Morgan fingerprint density at radius 1 is 1.27 bits per heavy atom. The summed E-state index contributed by atoms with van der Waals surface area (Å²) in [6.07, 6.45) is 1.35. The monoisotopic (exact) mass is 452 g/mol. The lowest BCUT2D eigenvalue weighted by Crippen LogP contribution is -2.57. The van der Waals surface area contributed by atoms with Crippen molar-refractivity contribution in [3.05, 3.63) is 35.4 Å². The van der Waals surface area contributed by atoms with E-state index in [4.69, 9.17) is 11.5 Å². The van der Waals surface area contributed by atoms with E-state index in [0.717, 1.165) is 5.56 Å². The molecule has 0 aliphatic carbocycles. The largest absolute Gasteiger partial charge is 0.366 e. The molecule has 3 fully saturated rings. The molecule has 33 heavy (non-hydrogen) atoms. The number of rotatable bonds is 6. The zero-order chi connectivity index (χ0) is 24.0. The van der Waals surface area contributed by atoms with Crippen molar-refractivity contribution in [3.63, 3.8) is 0 Å². The first-order valence-corrected chi connectivity index (χ1v) is 11.6. The maximum atomic E-state index is 13.2. The van der Waals surface area contributed by atoms with Gasteiger partial charge in [0.15, 0.2) is 0 Å². The van der Waals surface area contributed by atoms with E-state index in [-0.39, 0.29) is 41.9 Å². The van der Waals surface area contributed by atoms with E-state index in [1.807, 2.05) is 36.6 Å². The minimum absolute atomic E-state index is 0.0148. The summed E-state index contributed by atoms with van der Waals surface area (Å²) in [6, 6.07) is 7.57. The molecular weight excluding hydrogens is 420 g/mol. The molecule has 7 unspecified atom stereocenters. The minimum atomic E-state index is -0.779. The van der Waals surface area contributed by atoms with Crippen molar-refractivity contribution in [2.75, 3.05) is 13.1 Å². The van der Waals surface area contributed by atoms with Crippen LogP contribution in [0.1, 0.15) is 55.6 Å². The maximum Gasteiger partial charge on any atom is 0.248 e. The van der Waals surface area contributed by atoms with Gasteiger partial charge in [0.1, 0.15) is 6.04 Å². The molecule has 3 saturated heterocycles. The molecule has 3 amide bonds. The molecule has 3 aliphatic heterocycles. The Labute approximate surface area is 194 Å². The van der Waals surface area contributed by atoms with E-state index >= 15 is 0 Å². The summed E-state index contributed by atoms with van der Waals surface area (Å²) < 4.78 is 0. The fourth-order valence-electron chi connectivity index (χ4n) is 5.72. The fourth-order valence-corrected chi connectivity index (χ4v) is 5.72. The topological polar surface area (TPSA) is 137 Å². The van der Waals surface area contributed by atoms with Gasteiger partial charge in [-0.3, -0.25) is 19.3 Å². The van der Waals surface area contributed by atoms with E-state index in [1.54, 1.807) is 23.1 Å². The number of hydrogen-bond donors (Lipinski definition) is 2. The lowest BCUT2D eigenvalue weighted by atomic mass is 10.0. The van der Waals surface area contributed by atoms with Crippen LogP contribution in [0.15, 0.2) is 24.3 Å². The predicted molar refractivity (Wildman–Crippen MR) is 121 cm³/mol. The number of hydrogen-bond acceptors (Lipinski definition) is 6. The lowest BCUT2D eigenvalue weighted by Gasteiger charge is -2.39. The van der Waals surface area contributed by atoms with Crippen molar-refractivity contribution in [3.8, 4) is 6.07 Å². The predicted octanol–water partition coefficient (Wildman–Crippen LogP) is 0.608. The first-order chi connectivity index (χ1) is 15.6. The van der Waals surface area contributed by atoms with Crippen LogP contribution in [0.2, 0.25) is 0 Å². The van der Waals surface area contributed by atoms with Crippen molar-refractivity contribution in [2.45, 2.75) is 69.9 Å². The van der Waals surface area contributed by atoms with Crippen molar-refractivity contribution < 1.29 is 14.4 Å². The number of nitrogens with two attached hydrogens (primary N) is 2. The van der Waals surface area contributed by atoms with Crippen LogP contribution in [0.4, 0.5) is 0 Å². The van der Waals surface area contributed by atoms with Crippen LogP contribution in [-0.4, -0.2) is 75.7 Å². The van der Waals surface area contributed by atoms with Gasteiger partial charge in [0, 0.05) is 30.7 Å². The summed E-state index contributed by atoms with van der Waals surface area (Å²) in [6.45, 7) is 6.89. The van der Waals surface area contributed by atoms with Crippen LogP contribution in [0.25, 0.3) is 0 Å². The fraction of sp³-hybridized carbons (Fsp3) is 0.583. The Hall–Kier alpha value is -2.96. The summed E-state index contributed by atoms with van der Waals surface area (Å²) in [7, 11) is 0. The first-order valence-electron chi connectivity index (χ1n) is 11.6. The van der Waals surface area contributed by atoms with Crippen molar-refractivity contribution >= 4 is 17.7 Å². The molecule has 1 aromatic carbocycles. The third kappa shape index (κ3) is 3.98. The highest BCUT2D eigenvalue weighted by Crippen LogP contribution is 2.38. The second kappa shape index (κ2) is 8.76. The second-order valence-corrected chi connectivity index (χ2v) is 9.72. The molecule has 9 nitrogen and oxygen atoms in total. The molecule has 0 aromatic heterocycles. The molecule has 0 saturated carbocycles. The molecule has 7 atom stereocenters. The first kappa shape index (κ1) is 23.2. The summed E-state index contributed by atoms with van der Waals surface area (Å²) in [5.74, 6) is -0.454. The zero-order valence-electron chi connectivity index (χ0n) is 19.3.